The van der Waals surface area contributed by atoms with E-state index in [1.165, 1.54) is 0 Å². The molecule has 8 bridgehead atoms. The molecule has 3 aromatic rings. The van der Waals surface area contributed by atoms with E-state index in [0.29, 0.717) is 0 Å². The Kier molecular flexibility index (Phi) is 3.97. The summed E-state index contributed by atoms with van der Waals surface area (Å²) >= 11 is 0. The van der Waals surface area contributed by atoms with E-state index >= 15 is 0 Å². The third-order valence-corrected chi connectivity index (χ3v) is 4.04. The molecule has 0 saturated carbocycles. The zero-order valence-corrected chi connectivity index (χ0v) is 15.9. The monoisotopic (exact) mass is 497 g/mol. The molecule has 0 saturated heterocycles. The van der Waals surface area contributed by atoms with E-state index < -0.39 is 0 Å². The van der Waals surface area contributed by atoms with Gasteiger partial charge in [0, 0.05) is 42.5 Å². The molecule has 0 spiro atoms. The summed E-state index contributed by atoms with van der Waals surface area (Å²) in [7, 11) is 0. The zero-order valence-electron chi connectivity index (χ0n) is 13.2. The largest absolute Gasteiger partial charge is 0.355 e. The molecule has 0 unspecified atom stereocenters. The van der Waals surface area contributed by atoms with Crippen LogP contribution in [0.5, 0.6) is 0 Å². The summed E-state index contributed by atoms with van der Waals surface area (Å²) in [6, 6.07) is 16.4. The first-order chi connectivity index (χ1) is 11.8. The molecule has 25 heavy (non-hydrogen) atoms. The van der Waals surface area contributed by atoms with Gasteiger partial charge in [-0.05, 0) is 72.8 Å². The first-order valence-corrected chi connectivity index (χ1v) is 7.85. The van der Waals surface area contributed by atoms with Crippen LogP contribution >= 0.6 is 0 Å². The number of fused-ring (bicyclic) bond motifs is 8. The van der Waals surface area contributed by atoms with Crippen molar-refractivity contribution in [3.05, 3.63) is 71.3 Å². The summed E-state index contributed by atoms with van der Waals surface area (Å²) in [5, 5.41) is 0. The van der Waals surface area contributed by atoms with Crippen molar-refractivity contribution in [3.8, 4) is 0 Å². The van der Waals surface area contributed by atoms with Gasteiger partial charge in [0.25, 0.3) is 0 Å². The van der Waals surface area contributed by atoms with Crippen molar-refractivity contribution >= 4 is 46.4 Å². The summed E-state index contributed by atoms with van der Waals surface area (Å²) in [6.07, 6.45) is 8.05. The molecule has 0 fully saturated rings. The van der Waals surface area contributed by atoms with Gasteiger partial charge in [-0.1, -0.05) is 0 Å². The van der Waals surface area contributed by atoms with Crippen LogP contribution in [0.25, 0.3) is 46.4 Å². The van der Waals surface area contributed by atoms with Crippen molar-refractivity contribution in [3.63, 3.8) is 0 Å². The third kappa shape index (κ3) is 3.25. The number of nitrogens with zero attached hydrogens (tertiary/aromatic N) is 2. The molecule has 3 aromatic heterocycles. The Morgan fingerprint density at radius 3 is 1.28 bits per heavy atom. The fourth-order valence-electron chi connectivity index (χ4n) is 2.94. The maximum Gasteiger partial charge on any atom is 0.0659 e. The van der Waals surface area contributed by atoms with Crippen LogP contribution in [-0.4, -0.2) is 19.9 Å². The topological polar surface area (TPSA) is 57.4 Å². The Labute approximate surface area is 158 Å². The number of H-pyrrole nitrogens is 2. The summed E-state index contributed by atoms with van der Waals surface area (Å²) in [4.78, 5) is 16.0. The maximum absolute atomic E-state index is 4.62. The predicted molar refractivity (Wildman–Crippen MR) is 98.9 cm³/mol. The van der Waals surface area contributed by atoms with Crippen LogP contribution < -0.4 is 0 Å². The van der Waals surface area contributed by atoms with Crippen molar-refractivity contribution in [1.29, 1.82) is 0 Å². The minimum absolute atomic E-state index is 0. The van der Waals surface area contributed by atoms with Crippen LogP contribution in [0.4, 0.5) is 0 Å². The van der Waals surface area contributed by atoms with Gasteiger partial charge in [-0.15, -0.1) is 0 Å². The molecular formula is C20H14N4Re. The van der Waals surface area contributed by atoms with E-state index in [1.54, 1.807) is 0 Å². The molecular weight excluding hydrogens is 482 g/mol. The van der Waals surface area contributed by atoms with Crippen LogP contribution in [0.15, 0.2) is 48.5 Å². The van der Waals surface area contributed by atoms with E-state index in [-0.39, 0.29) is 20.4 Å². The van der Waals surface area contributed by atoms with Crippen molar-refractivity contribution in [2.45, 2.75) is 0 Å². The number of nitrogens with one attached hydrogen (secondary N) is 2. The molecule has 0 atom stereocenters. The molecule has 0 aromatic carbocycles. The molecule has 2 aliphatic heterocycles. The van der Waals surface area contributed by atoms with E-state index in [9.17, 15) is 0 Å². The molecule has 5 heterocycles. The number of rotatable bonds is 0. The maximum atomic E-state index is 4.62. The smallest absolute Gasteiger partial charge is 0.0659 e. The molecule has 121 valence electrons. The predicted octanol–water partition coefficient (Wildman–Crippen LogP) is 4.65. The van der Waals surface area contributed by atoms with Gasteiger partial charge in [0.05, 0.1) is 22.8 Å². The number of hydrogen-bond acceptors (Lipinski definition) is 2. The van der Waals surface area contributed by atoms with Gasteiger partial charge in [-0.2, -0.15) is 0 Å². The average Bonchev–Trinajstić information content (AvgIpc) is 3.32. The minimum Gasteiger partial charge on any atom is -0.355 e. The minimum atomic E-state index is 0. The Balaban J connectivity index is 0.00000157. The van der Waals surface area contributed by atoms with Crippen LogP contribution in [0.3, 0.4) is 0 Å². The van der Waals surface area contributed by atoms with Crippen LogP contribution in [-0.2, 0) is 20.4 Å². The second kappa shape index (κ2) is 6.29. The van der Waals surface area contributed by atoms with Crippen molar-refractivity contribution < 1.29 is 20.4 Å². The summed E-state index contributed by atoms with van der Waals surface area (Å²) in [6.45, 7) is 0. The third-order valence-electron chi connectivity index (χ3n) is 4.04. The molecule has 2 N–H and O–H groups in total. The summed E-state index contributed by atoms with van der Waals surface area (Å²) < 4.78 is 0. The Bertz CT molecular complexity index is 1080. The normalized spacial score (nSPS) is 12.2. The van der Waals surface area contributed by atoms with Crippen LogP contribution in [0.2, 0.25) is 0 Å². The van der Waals surface area contributed by atoms with Crippen molar-refractivity contribution in [1.82, 2.24) is 19.9 Å². The van der Waals surface area contributed by atoms with Gasteiger partial charge >= 0.3 is 0 Å². The molecule has 5 rings (SSSR count). The Morgan fingerprint density at radius 1 is 0.480 bits per heavy atom. The first-order valence-electron chi connectivity index (χ1n) is 7.85. The Morgan fingerprint density at radius 2 is 0.840 bits per heavy atom. The van der Waals surface area contributed by atoms with E-state index in [0.717, 1.165) is 44.8 Å². The Hall–Kier alpha value is -2.74. The first kappa shape index (κ1) is 15.8. The molecule has 4 nitrogen and oxygen atoms in total. The van der Waals surface area contributed by atoms with Gasteiger partial charge in [0.2, 0.25) is 0 Å². The second-order valence-electron chi connectivity index (χ2n) is 5.91. The fourth-order valence-corrected chi connectivity index (χ4v) is 2.94. The number of hydrogen-bond donors (Lipinski definition) is 2. The molecule has 1 radical (unpaired) electrons. The molecule has 0 amide bonds. The molecule has 2 aliphatic rings. The van der Waals surface area contributed by atoms with Crippen molar-refractivity contribution in [2.75, 3.05) is 0 Å². The van der Waals surface area contributed by atoms with Crippen LogP contribution in [0.1, 0.15) is 22.8 Å². The van der Waals surface area contributed by atoms with Crippen LogP contribution in [0, 0.1) is 0 Å². The zero-order chi connectivity index (χ0) is 15.9. The molecule has 0 aliphatic carbocycles. The second-order valence-corrected chi connectivity index (χ2v) is 5.91. The average molecular weight is 497 g/mol. The standard InChI is InChI=1S/C20H14N4.Re/c1-2-14-10-16-5-6-18(23-16)12-20-8-7-19(24-20)11-17-4-3-15(22-17)9-13(1)21-14;/h1-12,21-22H;. The van der Waals surface area contributed by atoms with E-state index in [1.807, 2.05) is 42.5 Å². The van der Waals surface area contributed by atoms with Gasteiger partial charge in [0.1, 0.15) is 0 Å². The van der Waals surface area contributed by atoms with Gasteiger partial charge < -0.3 is 9.97 Å². The fraction of sp³-hybridized carbons (Fsp3) is 0. The molecule has 5 heteroatoms. The van der Waals surface area contributed by atoms with E-state index in [2.05, 4.69) is 50.3 Å². The summed E-state index contributed by atoms with van der Waals surface area (Å²) in [5.74, 6) is 0. The van der Waals surface area contributed by atoms with Gasteiger partial charge in [-0.3, -0.25) is 0 Å². The quantitative estimate of drug-likeness (QED) is 0.328. The number of aromatic amines is 2. The SMILES string of the molecule is C1=Cc2cc3ccc(cc4ccc(cc5nc(cc1n2)C=C5)[nH]4)[nH]3.[Re]. The number of aromatic nitrogens is 4. The van der Waals surface area contributed by atoms with E-state index in [4.69, 9.17) is 0 Å². The summed E-state index contributed by atoms with van der Waals surface area (Å²) in [5.41, 5.74) is 7.86. The van der Waals surface area contributed by atoms with Crippen molar-refractivity contribution in [2.24, 2.45) is 0 Å². The van der Waals surface area contributed by atoms with Gasteiger partial charge in [-0.25, -0.2) is 9.97 Å². The van der Waals surface area contributed by atoms with Gasteiger partial charge in [0.15, 0.2) is 0 Å².